The lowest BCUT2D eigenvalue weighted by Crippen LogP contribution is -2.57. The molecule has 3 aliphatic heterocycles. The van der Waals surface area contributed by atoms with Crippen molar-refractivity contribution in [1.82, 2.24) is 10.2 Å². The maximum atomic E-state index is 13.5. The van der Waals surface area contributed by atoms with Crippen LogP contribution >= 0.6 is 0 Å². The third-order valence-electron chi connectivity index (χ3n) is 5.46. The van der Waals surface area contributed by atoms with Gasteiger partial charge >= 0.3 is 0 Å². The van der Waals surface area contributed by atoms with Gasteiger partial charge in [-0.2, -0.15) is 4.39 Å². The third-order valence-corrected chi connectivity index (χ3v) is 5.46. The molecule has 0 aliphatic carbocycles. The predicted octanol–water partition coefficient (Wildman–Crippen LogP) is 3.16. The normalized spacial score (nSPS) is 24.5. The van der Waals surface area contributed by atoms with Crippen LogP contribution in [0.15, 0.2) is 36.4 Å². The number of rotatable bonds is 3. The number of hydrogen-bond donors (Lipinski definition) is 2. The number of carbonyl (C=O) groups is 1. The minimum Gasteiger partial charge on any atom is -0.505 e. The van der Waals surface area contributed by atoms with Crippen LogP contribution in [0.2, 0.25) is 0 Å². The number of phenols is 1. The number of aromatic hydroxyl groups is 1. The summed E-state index contributed by atoms with van der Waals surface area (Å²) in [6, 6.07) is 9.02. The smallest absolute Gasteiger partial charge is 0.251 e. The van der Waals surface area contributed by atoms with Gasteiger partial charge in [0.05, 0.1) is 0 Å². The molecule has 2 bridgehead atoms. The first kappa shape index (κ1) is 17.0. The van der Waals surface area contributed by atoms with Crippen molar-refractivity contribution in [3.63, 3.8) is 0 Å². The molecule has 0 spiro atoms. The quantitative estimate of drug-likeness (QED) is 0.886. The standard InChI is InChI=1S/C20H20F2N2O2/c21-16-9-15(10-18(25)19(16)22)12-1-3-14(4-2-12)20(26)23-17-11-24-7-5-13(17)6-8-24/h1-4,9-10,13,17,25H,5-8,11H2,(H,23,26). The van der Waals surface area contributed by atoms with Gasteiger partial charge in [0.2, 0.25) is 0 Å². The van der Waals surface area contributed by atoms with Gasteiger partial charge in [-0.15, -0.1) is 0 Å². The molecule has 6 heteroatoms. The number of nitrogens with one attached hydrogen (secondary N) is 1. The number of halogens is 2. The Kier molecular flexibility index (Phi) is 4.36. The van der Waals surface area contributed by atoms with Crippen molar-refractivity contribution in [2.45, 2.75) is 18.9 Å². The highest BCUT2D eigenvalue weighted by molar-refractivity contribution is 5.95. The van der Waals surface area contributed by atoms with Crippen molar-refractivity contribution in [2.75, 3.05) is 19.6 Å². The molecular formula is C20H20F2N2O2. The lowest BCUT2D eigenvalue weighted by atomic mass is 9.84. The van der Waals surface area contributed by atoms with E-state index in [1.54, 1.807) is 24.3 Å². The summed E-state index contributed by atoms with van der Waals surface area (Å²) in [5.41, 5.74) is 1.47. The maximum Gasteiger partial charge on any atom is 0.251 e. The van der Waals surface area contributed by atoms with Crippen molar-refractivity contribution < 1.29 is 18.7 Å². The Morgan fingerprint density at radius 1 is 1.08 bits per heavy atom. The van der Waals surface area contributed by atoms with E-state index in [2.05, 4.69) is 10.2 Å². The van der Waals surface area contributed by atoms with Crippen LogP contribution in [0.3, 0.4) is 0 Å². The van der Waals surface area contributed by atoms with Gasteiger partial charge in [-0.3, -0.25) is 4.79 Å². The van der Waals surface area contributed by atoms with Crippen molar-refractivity contribution in [2.24, 2.45) is 5.92 Å². The van der Waals surface area contributed by atoms with Crippen molar-refractivity contribution in [1.29, 1.82) is 0 Å². The molecule has 3 fully saturated rings. The highest BCUT2D eigenvalue weighted by Gasteiger charge is 2.34. The third kappa shape index (κ3) is 3.17. The Morgan fingerprint density at radius 2 is 1.77 bits per heavy atom. The predicted molar refractivity (Wildman–Crippen MR) is 93.9 cm³/mol. The summed E-state index contributed by atoms with van der Waals surface area (Å²) in [5.74, 6) is -2.67. The highest BCUT2D eigenvalue weighted by atomic mass is 19.2. The molecule has 2 aromatic rings. The number of fused-ring (bicyclic) bond motifs is 3. The zero-order chi connectivity index (χ0) is 18.3. The molecule has 3 aliphatic rings. The molecule has 136 valence electrons. The Labute approximate surface area is 150 Å². The minimum atomic E-state index is -1.26. The number of carbonyl (C=O) groups excluding carboxylic acids is 1. The van der Waals surface area contributed by atoms with Crippen molar-refractivity contribution in [3.8, 4) is 16.9 Å². The summed E-state index contributed by atoms with van der Waals surface area (Å²) in [6.07, 6.45) is 2.26. The van der Waals surface area contributed by atoms with Crippen molar-refractivity contribution in [3.05, 3.63) is 53.6 Å². The fourth-order valence-corrected chi connectivity index (χ4v) is 3.94. The van der Waals surface area contributed by atoms with Gasteiger partial charge in [-0.05, 0) is 67.2 Å². The van der Waals surface area contributed by atoms with Crippen LogP contribution in [0.25, 0.3) is 11.1 Å². The fraction of sp³-hybridized carbons (Fsp3) is 0.350. The SMILES string of the molecule is O=C(NC1CN2CCC1CC2)c1ccc(-c2cc(O)c(F)c(F)c2)cc1. The van der Waals surface area contributed by atoms with Crippen LogP contribution < -0.4 is 5.32 Å². The number of benzene rings is 2. The summed E-state index contributed by atoms with van der Waals surface area (Å²) in [5, 5.41) is 12.6. The van der Waals surface area contributed by atoms with Crippen LogP contribution in [0, 0.1) is 17.6 Å². The summed E-state index contributed by atoms with van der Waals surface area (Å²) >= 11 is 0. The average molecular weight is 358 g/mol. The molecule has 0 saturated carbocycles. The molecule has 2 aromatic carbocycles. The van der Waals surface area contributed by atoms with Gasteiger partial charge in [0.15, 0.2) is 17.4 Å². The first-order valence-corrected chi connectivity index (χ1v) is 8.83. The number of hydrogen-bond acceptors (Lipinski definition) is 3. The van der Waals surface area contributed by atoms with E-state index in [0.29, 0.717) is 22.6 Å². The second-order valence-corrected chi connectivity index (χ2v) is 7.09. The first-order valence-electron chi connectivity index (χ1n) is 8.83. The van der Waals surface area contributed by atoms with E-state index in [4.69, 9.17) is 0 Å². The van der Waals surface area contributed by atoms with Crippen LogP contribution in [0.5, 0.6) is 5.75 Å². The lowest BCUT2D eigenvalue weighted by Gasteiger charge is -2.44. The van der Waals surface area contributed by atoms with Crippen LogP contribution in [-0.2, 0) is 0 Å². The van der Waals surface area contributed by atoms with E-state index in [-0.39, 0.29) is 11.9 Å². The molecule has 3 heterocycles. The van der Waals surface area contributed by atoms with Gasteiger partial charge in [0, 0.05) is 18.2 Å². The molecule has 3 saturated heterocycles. The summed E-state index contributed by atoms with van der Waals surface area (Å²) in [6.45, 7) is 3.14. The topological polar surface area (TPSA) is 52.6 Å². The van der Waals surface area contributed by atoms with Crippen LogP contribution in [0.1, 0.15) is 23.2 Å². The summed E-state index contributed by atoms with van der Waals surface area (Å²) in [7, 11) is 0. The molecule has 2 N–H and O–H groups in total. The largest absolute Gasteiger partial charge is 0.505 e. The molecule has 0 radical (unpaired) electrons. The van der Waals surface area contributed by atoms with E-state index < -0.39 is 17.4 Å². The molecule has 1 atom stereocenters. The molecule has 1 amide bonds. The zero-order valence-electron chi connectivity index (χ0n) is 14.2. The molecular weight excluding hydrogens is 338 g/mol. The molecule has 1 unspecified atom stereocenters. The second kappa shape index (κ2) is 6.68. The highest BCUT2D eigenvalue weighted by Crippen LogP contribution is 2.29. The Balaban J connectivity index is 1.48. The first-order chi connectivity index (χ1) is 12.5. The summed E-state index contributed by atoms with van der Waals surface area (Å²) < 4.78 is 26.7. The Hall–Kier alpha value is -2.47. The molecule has 5 rings (SSSR count). The zero-order valence-corrected chi connectivity index (χ0v) is 14.2. The fourth-order valence-electron chi connectivity index (χ4n) is 3.94. The average Bonchev–Trinajstić information content (AvgIpc) is 2.67. The Morgan fingerprint density at radius 3 is 2.35 bits per heavy atom. The van der Waals surface area contributed by atoms with Gasteiger partial charge in [-0.1, -0.05) is 12.1 Å². The summed E-state index contributed by atoms with van der Waals surface area (Å²) in [4.78, 5) is 14.9. The van der Waals surface area contributed by atoms with E-state index in [9.17, 15) is 18.7 Å². The van der Waals surface area contributed by atoms with Crippen LogP contribution in [-0.4, -0.2) is 41.6 Å². The monoisotopic (exact) mass is 358 g/mol. The van der Waals surface area contributed by atoms with E-state index in [1.807, 2.05) is 0 Å². The molecule has 26 heavy (non-hydrogen) atoms. The number of nitrogens with zero attached hydrogens (tertiary/aromatic N) is 1. The van der Waals surface area contributed by atoms with Gasteiger partial charge in [0.1, 0.15) is 0 Å². The van der Waals surface area contributed by atoms with E-state index in [1.165, 1.54) is 6.07 Å². The van der Waals surface area contributed by atoms with Gasteiger partial charge in [-0.25, -0.2) is 4.39 Å². The number of phenolic OH excluding ortho intramolecular Hbond substituents is 1. The van der Waals surface area contributed by atoms with Gasteiger partial charge < -0.3 is 15.3 Å². The van der Waals surface area contributed by atoms with Crippen molar-refractivity contribution >= 4 is 5.91 Å². The minimum absolute atomic E-state index is 0.122. The van der Waals surface area contributed by atoms with Gasteiger partial charge in [0.25, 0.3) is 5.91 Å². The molecule has 0 aromatic heterocycles. The maximum absolute atomic E-state index is 13.5. The number of amides is 1. The Bertz CT molecular complexity index is 807. The molecule has 4 nitrogen and oxygen atoms in total. The van der Waals surface area contributed by atoms with E-state index >= 15 is 0 Å². The van der Waals surface area contributed by atoms with E-state index in [0.717, 1.165) is 38.5 Å². The van der Waals surface area contributed by atoms with Crippen LogP contribution in [0.4, 0.5) is 8.78 Å². The lowest BCUT2D eigenvalue weighted by molar-refractivity contribution is 0.0620. The second-order valence-electron chi connectivity index (χ2n) is 7.09. The number of piperidine rings is 3.